The van der Waals surface area contributed by atoms with Gasteiger partial charge in [0.25, 0.3) is 11.5 Å². The molecule has 7 nitrogen and oxygen atoms in total. The van der Waals surface area contributed by atoms with Gasteiger partial charge >= 0.3 is 5.69 Å². The SMILES string of the molecule is CCn1c(=O)c(C(=O)N2CCCC2)nn(-c2cccc(C)c2)c1=O. The molecule has 2 heterocycles. The van der Waals surface area contributed by atoms with E-state index in [9.17, 15) is 14.4 Å². The van der Waals surface area contributed by atoms with Gasteiger partial charge in [-0.3, -0.25) is 14.2 Å². The summed E-state index contributed by atoms with van der Waals surface area (Å²) in [5.41, 5.74) is 0.148. The molecule has 0 N–H and O–H groups in total. The van der Waals surface area contributed by atoms with Crippen LogP contribution in [0.15, 0.2) is 33.9 Å². The van der Waals surface area contributed by atoms with E-state index >= 15 is 0 Å². The molecule has 1 amide bonds. The van der Waals surface area contributed by atoms with E-state index in [1.807, 2.05) is 19.1 Å². The fourth-order valence-electron chi connectivity index (χ4n) is 2.93. The predicted octanol–water partition coefficient (Wildman–Crippen LogP) is 0.959. The van der Waals surface area contributed by atoms with E-state index in [2.05, 4.69) is 5.10 Å². The maximum absolute atomic E-state index is 12.6. The molecule has 1 aliphatic rings. The minimum atomic E-state index is -0.622. The second-order valence-electron chi connectivity index (χ2n) is 5.93. The normalized spacial score (nSPS) is 14.2. The Bertz CT molecular complexity index is 891. The molecule has 0 aliphatic carbocycles. The Balaban J connectivity index is 2.20. The molecule has 3 rings (SSSR count). The van der Waals surface area contributed by atoms with Crippen molar-refractivity contribution < 1.29 is 4.79 Å². The van der Waals surface area contributed by atoms with Crippen molar-refractivity contribution in [3.8, 4) is 5.69 Å². The topological polar surface area (TPSA) is 77.2 Å². The lowest BCUT2D eigenvalue weighted by Crippen LogP contribution is -2.46. The molecule has 7 heteroatoms. The zero-order valence-electron chi connectivity index (χ0n) is 13.9. The number of aryl methyl sites for hydroxylation is 1. The number of hydrogen-bond acceptors (Lipinski definition) is 4. The van der Waals surface area contributed by atoms with Gasteiger partial charge in [-0.05, 0) is 44.4 Å². The third-order valence-electron chi connectivity index (χ3n) is 4.22. The van der Waals surface area contributed by atoms with Crippen LogP contribution in [0.2, 0.25) is 0 Å². The van der Waals surface area contributed by atoms with Crippen molar-refractivity contribution in [1.29, 1.82) is 0 Å². The third-order valence-corrected chi connectivity index (χ3v) is 4.22. The van der Waals surface area contributed by atoms with Crippen LogP contribution in [0, 0.1) is 6.92 Å². The number of carbonyl (C=O) groups excluding carboxylic acids is 1. The Morgan fingerprint density at radius 3 is 2.54 bits per heavy atom. The molecule has 24 heavy (non-hydrogen) atoms. The van der Waals surface area contributed by atoms with Gasteiger partial charge in [0.2, 0.25) is 5.69 Å². The van der Waals surface area contributed by atoms with E-state index in [0.717, 1.165) is 27.7 Å². The number of carbonyl (C=O) groups is 1. The molecule has 1 aromatic heterocycles. The summed E-state index contributed by atoms with van der Waals surface area (Å²) >= 11 is 0. The fourth-order valence-corrected chi connectivity index (χ4v) is 2.93. The number of aromatic nitrogens is 3. The first kappa shape index (κ1) is 16.2. The highest BCUT2D eigenvalue weighted by Gasteiger charge is 2.26. The molecular formula is C17H20N4O3. The van der Waals surface area contributed by atoms with Crippen molar-refractivity contribution in [2.24, 2.45) is 0 Å². The van der Waals surface area contributed by atoms with E-state index in [4.69, 9.17) is 0 Å². The molecule has 0 spiro atoms. The van der Waals surface area contributed by atoms with Gasteiger partial charge in [0.15, 0.2) is 0 Å². The summed E-state index contributed by atoms with van der Waals surface area (Å²) < 4.78 is 2.19. The molecule has 126 valence electrons. The van der Waals surface area contributed by atoms with Crippen LogP contribution >= 0.6 is 0 Å². The van der Waals surface area contributed by atoms with Gasteiger partial charge in [-0.2, -0.15) is 9.78 Å². The quantitative estimate of drug-likeness (QED) is 0.841. The van der Waals surface area contributed by atoms with Crippen LogP contribution in [0.5, 0.6) is 0 Å². The molecule has 0 saturated carbocycles. The first-order chi connectivity index (χ1) is 11.5. The standard InChI is InChI=1S/C17H20N4O3/c1-3-20-16(23)14(15(22)19-9-4-5-10-19)18-21(17(20)24)13-8-6-7-12(2)11-13/h6-8,11H,3-5,9-10H2,1-2H3. The molecule has 2 aromatic rings. The lowest BCUT2D eigenvalue weighted by molar-refractivity contribution is 0.0781. The van der Waals surface area contributed by atoms with Gasteiger partial charge < -0.3 is 4.90 Å². The molecular weight excluding hydrogens is 308 g/mol. The monoisotopic (exact) mass is 328 g/mol. The highest BCUT2D eigenvalue weighted by Crippen LogP contribution is 2.11. The smallest absolute Gasteiger partial charge is 0.337 e. The van der Waals surface area contributed by atoms with Crippen molar-refractivity contribution in [2.75, 3.05) is 13.1 Å². The van der Waals surface area contributed by atoms with Crippen LogP contribution in [-0.2, 0) is 6.54 Å². The average molecular weight is 328 g/mol. The van der Waals surface area contributed by atoms with Crippen LogP contribution in [0.25, 0.3) is 5.69 Å². The summed E-state index contributed by atoms with van der Waals surface area (Å²) in [6.45, 7) is 5.03. The molecule has 0 radical (unpaired) electrons. The summed E-state index contributed by atoms with van der Waals surface area (Å²) in [5, 5.41) is 4.12. The van der Waals surface area contributed by atoms with E-state index in [1.54, 1.807) is 24.0 Å². The van der Waals surface area contributed by atoms with Crippen LogP contribution in [0.3, 0.4) is 0 Å². The Labute approximate surface area is 139 Å². The molecule has 0 bridgehead atoms. The largest absolute Gasteiger partial charge is 0.352 e. The van der Waals surface area contributed by atoms with Crippen LogP contribution in [-0.4, -0.2) is 38.2 Å². The van der Waals surface area contributed by atoms with E-state index in [0.29, 0.717) is 18.8 Å². The minimum Gasteiger partial charge on any atom is -0.337 e. The zero-order chi connectivity index (χ0) is 17.3. The number of benzene rings is 1. The van der Waals surface area contributed by atoms with Gasteiger partial charge in [0, 0.05) is 19.6 Å². The Hall–Kier alpha value is -2.70. The van der Waals surface area contributed by atoms with Crippen LogP contribution in [0.4, 0.5) is 0 Å². The molecule has 0 atom stereocenters. The van der Waals surface area contributed by atoms with Gasteiger partial charge in [-0.25, -0.2) is 4.79 Å². The lowest BCUT2D eigenvalue weighted by Gasteiger charge is -2.16. The molecule has 0 unspecified atom stereocenters. The summed E-state index contributed by atoms with van der Waals surface area (Å²) in [7, 11) is 0. The van der Waals surface area contributed by atoms with E-state index in [1.165, 1.54) is 0 Å². The second kappa shape index (κ2) is 6.43. The second-order valence-corrected chi connectivity index (χ2v) is 5.93. The summed E-state index contributed by atoms with van der Waals surface area (Å²) in [6.07, 6.45) is 1.84. The van der Waals surface area contributed by atoms with Crippen molar-refractivity contribution in [1.82, 2.24) is 19.2 Å². The number of rotatable bonds is 3. The summed E-state index contributed by atoms with van der Waals surface area (Å²) in [4.78, 5) is 39.3. The Morgan fingerprint density at radius 1 is 1.21 bits per heavy atom. The van der Waals surface area contributed by atoms with Gasteiger partial charge in [-0.15, -0.1) is 0 Å². The van der Waals surface area contributed by atoms with E-state index < -0.39 is 17.2 Å². The van der Waals surface area contributed by atoms with Crippen molar-refractivity contribution in [3.05, 3.63) is 56.4 Å². The minimum absolute atomic E-state index is 0.187. The highest BCUT2D eigenvalue weighted by molar-refractivity contribution is 5.92. The maximum atomic E-state index is 12.6. The molecule has 1 aliphatic heterocycles. The average Bonchev–Trinajstić information content (AvgIpc) is 3.09. The Kier molecular flexibility index (Phi) is 4.33. The zero-order valence-corrected chi connectivity index (χ0v) is 13.9. The van der Waals surface area contributed by atoms with Crippen molar-refractivity contribution in [2.45, 2.75) is 33.2 Å². The number of likely N-dealkylation sites (tertiary alicyclic amines) is 1. The predicted molar refractivity (Wildman–Crippen MR) is 89.6 cm³/mol. The molecule has 1 aromatic carbocycles. The maximum Gasteiger partial charge on any atom is 0.352 e. The first-order valence-corrected chi connectivity index (χ1v) is 8.13. The third kappa shape index (κ3) is 2.77. The number of nitrogens with zero attached hydrogens (tertiary/aromatic N) is 4. The first-order valence-electron chi connectivity index (χ1n) is 8.13. The van der Waals surface area contributed by atoms with Gasteiger partial charge in [-0.1, -0.05) is 12.1 Å². The summed E-state index contributed by atoms with van der Waals surface area (Å²) in [5.74, 6) is -0.402. The lowest BCUT2D eigenvalue weighted by atomic mass is 10.2. The van der Waals surface area contributed by atoms with Crippen molar-refractivity contribution >= 4 is 5.91 Å². The van der Waals surface area contributed by atoms with Gasteiger partial charge in [0.05, 0.1) is 5.69 Å². The molecule has 1 fully saturated rings. The highest BCUT2D eigenvalue weighted by atomic mass is 16.2. The van der Waals surface area contributed by atoms with E-state index in [-0.39, 0.29) is 12.2 Å². The van der Waals surface area contributed by atoms with Gasteiger partial charge in [0.1, 0.15) is 0 Å². The van der Waals surface area contributed by atoms with Crippen LogP contribution in [0.1, 0.15) is 35.8 Å². The Morgan fingerprint density at radius 2 is 1.92 bits per heavy atom. The number of hydrogen-bond donors (Lipinski definition) is 0. The van der Waals surface area contributed by atoms with Crippen LogP contribution < -0.4 is 11.2 Å². The fraction of sp³-hybridized carbons (Fsp3) is 0.412. The van der Waals surface area contributed by atoms with Crippen molar-refractivity contribution in [3.63, 3.8) is 0 Å². The summed E-state index contributed by atoms with van der Waals surface area (Å²) in [6, 6.07) is 7.24. The number of amides is 1. The molecule has 1 saturated heterocycles.